The number of hydrogen-bond donors (Lipinski definition) is 2. The number of aromatic nitrogens is 1. The number of rotatable bonds is 7. The summed E-state index contributed by atoms with van der Waals surface area (Å²) in [6, 6.07) is 15.1. The van der Waals surface area contributed by atoms with Crippen molar-refractivity contribution >= 4 is 21.6 Å². The molecular formula is C20H18FN3O4S. The van der Waals surface area contributed by atoms with Gasteiger partial charge in [0.1, 0.15) is 11.6 Å². The monoisotopic (exact) mass is 415 g/mol. The van der Waals surface area contributed by atoms with Crippen molar-refractivity contribution in [3.8, 4) is 11.6 Å². The third-order valence-corrected chi connectivity index (χ3v) is 4.36. The number of pyridine rings is 1. The molecule has 0 saturated heterocycles. The molecule has 0 unspecified atom stereocenters. The zero-order valence-electron chi connectivity index (χ0n) is 15.4. The van der Waals surface area contributed by atoms with Crippen LogP contribution in [-0.4, -0.2) is 25.6 Å². The lowest BCUT2D eigenvalue weighted by molar-refractivity contribution is 0.0950. The van der Waals surface area contributed by atoms with Crippen molar-refractivity contribution in [1.29, 1.82) is 0 Å². The third kappa shape index (κ3) is 6.01. The highest BCUT2D eigenvalue weighted by Gasteiger charge is 2.11. The van der Waals surface area contributed by atoms with E-state index in [1.807, 2.05) is 0 Å². The maximum Gasteiger partial charge on any atom is 0.251 e. The minimum absolute atomic E-state index is 0.140. The van der Waals surface area contributed by atoms with Gasteiger partial charge in [0.05, 0.1) is 6.26 Å². The Morgan fingerprint density at radius 3 is 2.55 bits per heavy atom. The summed E-state index contributed by atoms with van der Waals surface area (Å²) in [5, 5.41) is 2.75. The van der Waals surface area contributed by atoms with Gasteiger partial charge in [-0.3, -0.25) is 9.52 Å². The fourth-order valence-electron chi connectivity index (χ4n) is 2.47. The molecule has 29 heavy (non-hydrogen) atoms. The molecule has 150 valence electrons. The summed E-state index contributed by atoms with van der Waals surface area (Å²) in [7, 11) is -3.38. The van der Waals surface area contributed by atoms with Crippen molar-refractivity contribution in [2.24, 2.45) is 0 Å². The number of ether oxygens (including phenoxy) is 1. The SMILES string of the molecule is CS(=O)(=O)Nc1ccc(C(=O)NCc2cccnc2Oc2cccc(F)c2)cc1. The molecule has 9 heteroatoms. The first kappa shape index (κ1) is 20.3. The number of amides is 1. The Hall–Kier alpha value is -3.46. The largest absolute Gasteiger partial charge is 0.439 e. The Balaban J connectivity index is 1.66. The van der Waals surface area contributed by atoms with E-state index in [1.165, 1.54) is 48.7 Å². The van der Waals surface area contributed by atoms with Crippen molar-refractivity contribution in [3.05, 3.63) is 83.8 Å². The van der Waals surface area contributed by atoms with Crippen LogP contribution in [-0.2, 0) is 16.6 Å². The van der Waals surface area contributed by atoms with E-state index < -0.39 is 15.8 Å². The minimum atomic E-state index is -3.38. The molecule has 0 radical (unpaired) electrons. The Labute approximate surface area is 167 Å². The van der Waals surface area contributed by atoms with Crippen LogP contribution < -0.4 is 14.8 Å². The van der Waals surface area contributed by atoms with Gasteiger partial charge in [0.2, 0.25) is 15.9 Å². The number of carbonyl (C=O) groups is 1. The number of sulfonamides is 1. The Kier molecular flexibility index (Phi) is 6.08. The van der Waals surface area contributed by atoms with Crippen LogP contribution >= 0.6 is 0 Å². The average molecular weight is 415 g/mol. The third-order valence-electron chi connectivity index (χ3n) is 3.75. The summed E-state index contributed by atoms with van der Waals surface area (Å²) < 4.78 is 43.8. The number of hydrogen-bond acceptors (Lipinski definition) is 5. The van der Waals surface area contributed by atoms with Crippen LogP contribution in [0.5, 0.6) is 11.6 Å². The predicted molar refractivity (Wildman–Crippen MR) is 107 cm³/mol. The number of nitrogens with zero attached hydrogens (tertiary/aromatic N) is 1. The number of carbonyl (C=O) groups excluding carboxylic acids is 1. The lowest BCUT2D eigenvalue weighted by Gasteiger charge is -2.11. The highest BCUT2D eigenvalue weighted by Crippen LogP contribution is 2.23. The fourth-order valence-corrected chi connectivity index (χ4v) is 3.04. The Morgan fingerprint density at radius 2 is 1.86 bits per heavy atom. The van der Waals surface area contributed by atoms with Crippen LogP contribution in [0.15, 0.2) is 66.9 Å². The quantitative estimate of drug-likeness (QED) is 0.617. The molecule has 1 aromatic heterocycles. The molecule has 3 aromatic rings. The standard InChI is InChI=1S/C20H18FN3O4S/c1-29(26,27)24-17-9-7-14(8-10-17)19(25)23-13-15-4-3-11-22-20(15)28-18-6-2-5-16(21)12-18/h2-12,24H,13H2,1H3,(H,23,25). The van der Waals surface area contributed by atoms with Gasteiger partial charge in [-0.25, -0.2) is 17.8 Å². The molecule has 0 aliphatic heterocycles. The topological polar surface area (TPSA) is 97.4 Å². The van der Waals surface area contributed by atoms with Gasteiger partial charge in [-0.15, -0.1) is 0 Å². The second kappa shape index (κ2) is 8.70. The average Bonchev–Trinajstić information content (AvgIpc) is 2.66. The first-order valence-corrected chi connectivity index (χ1v) is 10.4. The summed E-state index contributed by atoms with van der Waals surface area (Å²) in [4.78, 5) is 16.5. The van der Waals surface area contributed by atoms with E-state index in [4.69, 9.17) is 4.74 Å². The second-order valence-corrected chi connectivity index (χ2v) is 7.91. The summed E-state index contributed by atoms with van der Waals surface area (Å²) in [6.07, 6.45) is 2.58. The van der Waals surface area contributed by atoms with Gasteiger partial charge < -0.3 is 10.1 Å². The molecule has 1 amide bonds. The van der Waals surface area contributed by atoms with Gasteiger partial charge in [-0.1, -0.05) is 12.1 Å². The maximum atomic E-state index is 13.3. The summed E-state index contributed by atoms with van der Waals surface area (Å²) >= 11 is 0. The number of anilines is 1. The van der Waals surface area contributed by atoms with E-state index in [-0.39, 0.29) is 18.3 Å². The molecule has 1 heterocycles. The maximum absolute atomic E-state index is 13.3. The van der Waals surface area contributed by atoms with Gasteiger partial charge in [0, 0.05) is 35.6 Å². The molecule has 0 fully saturated rings. The predicted octanol–water partition coefficient (Wildman–Crippen LogP) is 3.31. The zero-order chi connectivity index (χ0) is 20.9. The van der Waals surface area contributed by atoms with Gasteiger partial charge in [0.15, 0.2) is 0 Å². The lowest BCUT2D eigenvalue weighted by atomic mass is 10.2. The number of halogens is 1. The van der Waals surface area contributed by atoms with Gasteiger partial charge in [0.25, 0.3) is 5.91 Å². The molecule has 2 aromatic carbocycles. The highest BCUT2D eigenvalue weighted by atomic mass is 32.2. The van der Waals surface area contributed by atoms with Crippen molar-refractivity contribution in [2.75, 3.05) is 11.0 Å². The molecule has 0 atom stereocenters. The van der Waals surface area contributed by atoms with Crippen molar-refractivity contribution in [3.63, 3.8) is 0 Å². The van der Waals surface area contributed by atoms with E-state index in [2.05, 4.69) is 15.0 Å². The molecule has 0 saturated carbocycles. The lowest BCUT2D eigenvalue weighted by Crippen LogP contribution is -2.23. The van der Waals surface area contributed by atoms with E-state index in [9.17, 15) is 17.6 Å². The molecule has 0 spiro atoms. The van der Waals surface area contributed by atoms with Crippen LogP contribution in [0, 0.1) is 5.82 Å². The van der Waals surface area contributed by atoms with Crippen LogP contribution in [0.3, 0.4) is 0 Å². The summed E-state index contributed by atoms with van der Waals surface area (Å²) in [6.45, 7) is 0.140. The van der Waals surface area contributed by atoms with Crippen LogP contribution in [0.2, 0.25) is 0 Å². The molecule has 2 N–H and O–H groups in total. The molecule has 3 rings (SSSR count). The van der Waals surface area contributed by atoms with Crippen LogP contribution in [0.1, 0.15) is 15.9 Å². The van der Waals surface area contributed by atoms with E-state index in [1.54, 1.807) is 18.2 Å². The van der Waals surface area contributed by atoms with Crippen LogP contribution in [0.25, 0.3) is 0 Å². The Bertz CT molecular complexity index is 1120. The normalized spacial score (nSPS) is 11.0. The molecule has 0 bridgehead atoms. The van der Waals surface area contributed by atoms with Crippen LogP contribution in [0.4, 0.5) is 10.1 Å². The number of benzene rings is 2. The van der Waals surface area contributed by atoms with Crippen molar-refractivity contribution in [1.82, 2.24) is 10.3 Å². The first-order valence-electron chi connectivity index (χ1n) is 8.53. The van der Waals surface area contributed by atoms with Crippen molar-refractivity contribution < 1.29 is 22.3 Å². The van der Waals surface area contributed by atoms with Gasteiger partial charge >= 0.3 is 0 Å². The molecule has 7 nitrogen and oxygen atoms in total. The first-order chi connectivity index (χ1) is 13.8. The molecule has 0 aliphatic carbocycles. The number of nitrogens with one attached hydrogen (secondary N) is 2. The zero-order valence-corrected chi connectivity index (χ0v) is 16.2. The van der Waals surface area contributed by atoms with Gasteiger partial charge in [-0.2, -0.15) is 0 Å². The van der Waals surface area contributed by atoms with E-state index in [0.29, 0.717) is 22.6 Å². The molecular weight excluding hydrogens is 397 g/mol. The molecule has 0 aliphatic rings. The van der Waals surface area contributed by atoms with Gasteiger partial charge in [-0.05, 0) is 42.5 Å². The van der Waals surface area contributed by atoms with E-state index in [0.717, 1.165) is 6.26 Å². The second-order valence-electron chi connectivity index (χ2n) is 6.16. The Morgan fingerprint density at radius 1 is 1.10 bits per heavy atom. The summed E-state index contributed by atoms with van der Waals surface area (Å²) in [5.41, 5.74) is 1.34. The minimum Gasteiger partial charge on any atom is -0.439 e. The van der Waals surface area contributed by atoms with Crippen molar-refractivity contribution in [2.45, 2.75) is 6.54 Å². The smallest absolute Gasteiger partial charge is 0.251 e. The fraction of sp³-hybridized carbons (Fsp3) is 0.100. The highest BCUT2D eigenvalue weighted by molar-refractivity contribution is 7.92. The summed E-state index contributed by atoms with van der Waals surface area (Å²) in [5.74, 6) is -0.227. The van der Waals surface area contributed by atoms with E-state index >= 15 is 0 Å².